The lowest BCUT2D eigenvalue weighted by molar-refractivity contribution is -0.119. The standard InChI is InChI=1S/C23H23ClN4OS/c1-2-14-28-22(18-8-9-18)26-27-23(28)30-15-20(29)25-21(16-6-4-3-5-7-16)17-10-12-19(24)13-11-17/h2-7,10-13,18,21H,1,8-9,14-15H2,(H,25,29). The van der Waals surface area contributed by atoms with Crippen LogP contribution in [-0.4, -0.2) is 26.4 Å². The molecule has 1 aliphatic rings. The minimum atomic E-state index is -0.246. The quantitative estimate of drug-likeness (QED) is 0.377. The van der Waals surface area contributed by atoms with E-state index in [-0.39, 0.29) is 17.7 Å². The molecule has 1 saturated carbocycles. The number of nitrogens with one attached hydrogen (secondary N) is 1. The Kier molecular flexibility index (Phi) is 6.55. The van der Waals surface area contributed by atoms with Crippen molar-refractivity contribution in [3.05, 3.63) is 89.2 Å². The maximum atomic E-state index is 12.8. The Labute approximate surface area is 185 Å². The molecule has 0 aliphatic heterocycles. The van der Waals surface area contributed by atoms with Crippen molar-refractivity contribution in [3.63, 3.8) is 0 Å². The molecule has 1 unspecified atom stereocenters. The SMILES string of the molecule is C=CCn1c(SCC(=O)NC(c2ccccc2)c2ccc(Cl)cc2)nnc1C1CC1. The Morgan fingerprint density at radius 1 is 1.17 bits per heavy atom. The van der Waals surface area contributed by atoms with Crippen molar-refractivity contribution >= 4 is 29.3 Å². The fourth-order valence-electron chi connectivity index (χ4n) is 3.34. The van der Waals surface area contributed by atoms with E-state index in [1.165, 1.54) is 11.8 Å². The van der Waals surface area contributed by atoms with Gasteiger partial charge in [-0.05, 0) is 36.1 Å². The molecule has 3 aromatic rings. The number of hydrogen-bond acceptors (Lipinski definition) is 4. The number of amides is 1. The number of nitrogens with zero attached hydrogens (tertiary/aromatic N) is 3. The molecule has 154 valence electrons. The molecular formula is C23H23ClN4OS. The normalized spacial score (nSPS) is 14.3. The first kappa shape index (κ1) is 20.7. The zero-order valence-electron chi connectivity index (χ0n) is 16.5. The van der Waals surface area contributed by atoms with Gasteiger partial charge in [0.25, 0.3) is 0 Å². The summed E-state index contributed by atoms with van der Waals surface area (Å²) in [6.45, 7) is 4.48. The minimum absolute atomic E-state index is 0.0649. The molecule has 1 atom stereocenters. The first-order chi connectivity index (χ1) is 14.7. The molecule has 1 fully saturated rings. The second kappa shape index (κ2) is 9.49. The van der Waals surface area contributed by atoms with Gasteiger partial charge in [-0.1, -0.05) is 71.9 Å². The summed E-state index contributed by atoms with van der Waals surface area (Å²) in [6.07, 6.45) is 4.14. The number of halogens is 1. The van der Waals surface area contributed by atoms with Crippen molar-refractivity contribution in [3.8, 4) is 0 Å². The highest BCUT2D eigenvalue weighted by atomic mass is 35.5. The maximum Gasteiger partial charge on any atom is 0.231 e. The van der Waals surface area contributed by atoms with Gasteiger partial charge in [-0.3, -0.25) is 4.79 Å². The van der Waals surface area contributed by atoms with E-state index in [1.807, 2.05) is 60.7 Å². The zero-order valence-corrected chi connectivity index (χ0v) is 18.1. The van der Waals surface area contributed by atoms with Crippen LogP contribution in [0, 0.1) is 0 Å². The average Bonchev–Trinajstić information content (AvgIpc) is 3.53. The van der Waals surface area contributed by atoms with Gasteiger partial charge in [0.05, 0.1) is 11.8 Å². The van der Waals surface area contributed by atoms with Crippen LogP contribution in [0.3, 0.4) is 0 Å². The van der Waals surface area contributed by atoms with Gasteiger partial charge < -0.3 is 9.88 Å². The third-order valence-electron chi connectivity index (χ3n) is 4.97. The van der Waals surface area contributed by atoms with Crippen LogP contribution in [0.5, 0.6) is 0 Å². The summed E-state index contributed by atoms with van der Waals surface area (Å²) in [5.74, 6) is 1.69. The highest BCUT2D eigenvalue weighted by Gasteiger charge is 2.30. The number of aromatic nitrogens is 3. The van der Waals surface area contributed by atoms with Crippen molar-refractivity contribution < 1.29 is 4.79 Å². The number of benzene rings is 2. The van der Waals surface area contributed by atoms with Crippen LogP contribution in [0.1, 0.15) is 41.8 Å². The van der Waals surface area contributed by atoms with E-state index in [4.69, 9.17) is 11.6 Å². The van der Waals surface area contributed by atoms with E-state index in [0.29, 0.717) is 17.5 Å². The first-order valence-electron chi connectivity index (χ1n) is 9.92. The Hall–Kier alpha value is -2.57. The van der Waals surface area contributed by atoms with Gasteiger partial charge in [-0.15, -0.1) is 16.8 Å². The van der Waals surface area contributed by atoms with Gasteiger partial charge in [0.15, 0.2) is 5.16 Å². The maximum absolute atomic E-state index is 12.8. The molecule has 1 aromatic heterocycles. The highest BCUT2D eigenvalue weighted by molar-refractivity contribution is 7.99. The lowest BCUT2D eigenvalue weighted by Gasteiger charge is -2.20. The fourth-order valence-corrected chi connectivity index (χ4v) is 4.24. The molecule has 1 N–H and O–H groups in total. The summed E-state index contributed by atoms with van der Waals surface area (Å²) in [5.41, 5.74) is 2.00. The molecular weight excluding hydrogens is 416 g/mol. The van der Waals surface area contributed by atoms with Crippen LogP contribution in [-0.2, 0) is 11.3 Å². The van der Waals surface area contributed by atoms with E-state index >= 15 is 0 Å². The summed E-state index contributed by atoms with van der Waals surface area (Å²) in [6, 6.07) is 17.2. The van der Waals surface area contributed by atoms with E-state index in [9.17, 15) is 4.79 Å². The van der Waals surface area contributed by atoms with Gasteiger partial charge in [-0.2, -0.15) is 0 Å². The second-order valence-electron chi connectivity index (χ2n) is 7.27. The molecule has 5 nitrogen and oxygen atoms in total. The van der Waals surface area contributed by atoms with Gasteiger partial charge in [-0.25, -0.2) is 0 Å². The molecule has 1 aliphatic carbocycles. The first-order valence-corrected chi connectivity index (χ1v) is 11.3. The molecule has 0 radical (unpaired) electrons. The number of carbonyl (C=O) groups excluding carboxylic acids is 1. The molecule has 1 heterocycles. The Morgan fingerprint density at radius 3 is 2.53 bits per heavy atom. The molecule has 2 aromatic carbocycles. The van der Waals surface area contributed by atoms with E-state index in [0.717, 1.165) is 34.9 Å². The number of rotatable bonds is 9. The highest BCUT2D eigenvalue weighted by Crippen LogP contribution is 2.40. The minimum Gasteiger partial charge on any atom is -0.344 e. The fraction of sp³-hybridized carbons (Fsp3) is 0.261. The van der Waals surface area contributed by atoms with Crippen molar-refractivity contribution in [2.75, 3.05) is 5.75 Å². The average molecular weight is 439 g/mol. The predicted octanol–water partition coefficient (Wildman–Crippen LogP) is 4.99. The van der Waals surface area contributed by atoms with Crippen molar-refractivity contribution in [2.24, 2.45) is 0 Å². The molecule has 0 saturated heterocycles. The Balaban J connectivity index is 1.47. The van der Waals surface area contributed by atoms with Crippen LogP contribution in [0.25, 0.3) is 0 Å². The number of allylic oxidation sites excluding steroid dienone is 1. The summed E-state index contributed by atoms with van der Waals surface area (Å²) in [7, 11) is 0. The number of hydrogen-bond donors (Lipinski definition) is 1. The third kappa shape index (κ3) is 4.94. The van der Waals surface area contributed by atoms with Gasteiger partial charge in [0.2, 0.25) is 5.91 Å². The van der Waals surface area contributed by atoms with E-state index < -0.39 is 0 Å². The van der Waals surface area contributed by atoms with Crippen LogP contribution >= 0.6 is 23.4 Å². The van der Waals surface area contributed by atoms with Crippen LogP contribution in [0.15, 0.2) is 72.4 Å². The third-order valence-corrected chi connectivity index (χ3v) is 6.19. The second-order valence-corrected chi connectivity index (χ2v) is 8.64. The lowest BCUT2D eigenvalue weighted by Crippen LogP contribution is -2.30. The topological polar surface area (TPSA) is 59.8 Å². The lowest BCUT2D eigenvalue weighted by atomic mass is 9.99. The molecule has 0 bridgehead atoms. The van der Waals surface area contributed by atoms with Crippen molar-refractivity contribution in [1.82, 2.24) is 20.1 Å². The van der Waals surface area contributed by atoms with Gasteiger partial charge >= 0.3 is 0 Å². The monoisotopic (exact) mass is 438 g/mol. The van der Waals surface area contributed by atoms with Crippen molar-refractivity contribution in [2.45, 2.75) is 36.5 Å². The van der Waals surface area contributed by atoms with Gasteiger partial charge in [0, 0.05) is 17.5 Å². The van der Waals surface area contributed by atoms with Crippen molar-refractivity contribution in [1.29, 1.82) is 0 Å². The Bertz CT molecular complexity index is 1020. The summed E-state index contributed by atoms with van der Waals surface area (Å²) in [4.78, 5) is 12.8. The number of thioether (sulfide) groups is 1. The smallest absolute Gasteiger partial charge is 0.231 e. The van der Waals surface area contributed by atoms with E-state index in [2.05, 4.69) is 26.7 Å². The van der Waals surface area contributed by atoms with Crippen LogP contribution < -0.4 is 5.32 Å². The molecule has 4 rings (SSSR count). The zero-order chi connectivity index (χ0) is 20.9. The molecule has 7 heteroatoms. The molecule has 0 spiro atoms. The number of carbonyl (C=O) groups is 1. The van der Waals surface area contributed by atoms with Gasteiger partial charge in [0.1, 0.15) is 5.82 Å². The van der Waals surface area contributed by atoms with Crippen LogP contribution in [0.4, 0.5) is 0 Å². The molecule has 1 amide bonds. The Morgan fingerprint density at radius 2 is 1.87 bits per heavy atom. The summed E-state index contributed by atoms with van der Waals surface area (Å²) >= 11 is 7.45. The summed E-state index contributed by atoms with van der Waals surface area (Å²) in [5, 5.41) is 13.2. The molecule has 30 heavy (non-hydrogen) atoms. The van der Waals surface area contributed by atoms with Crippen LogP contribution in [0.2, 0.25) is 5.02 Å². The predicted molar refractivity (Wildman–Crippen MR) is 121 cm³/mol. The van der Waals surface area contributed by atoms with E-state index in [1.54, 1.807) is 0 Å². The summed E-state index contributed by atoms with van der Waals surface area (Å²) < 4.78 is 2.07. The largest absolute Gasteiger partial charge is 0.344 e.